The Bertz CT molecular complexity index is 490. The van der Waals surface area contributed by atoms with Gasteiger partial charge in [0.05, 0.1) is 17.4 Å². The summed E-state index contributed by atoms with van der Waals surface area (Å²) in [5.74, 6) is -1.25. The normalized spacial score (nSPS) is 12.5. The molecule has 1 aromatic heterocycles. The fourth-order valence-electron chi connectivity index (χ4n) is 1.48. The quantitative estimate of drug-likeness (QED) is 0.909. The lowest BCUT2D eigenvalue weighted by atomic mass is 10.2. The number of hydrogen-bond donors (Lipinski definition) is 2. The van der Waals surface area contributed by atoms with E-state index in [9.17, 15) is 8.78 Å². The molecule has 0 radical (unpaired) electrons. The van der Waals surface area contributed by atoms with Gasteiger partial charge in [-0.15, -0.1) is 0 Å². The second kappa shape index (κ2) is 4.83. The summed E-state index contributed by atoms with van der Waals surface area (Å²) in [7, 11) is 0. The van der Waals surface area contributed by atoms with Crippen molar-refractivity contribution >= 4 is 21.6 Å². The highest BCUT2D eigenvalue weighted by atomic mass is 79.9. The van der Waals surface area contributed by atoms with Crippen molar-refractivity contribution in [2.24, 2.45) is 0 Å². The Hall–Kier alpha value is -1.43. The van der Waals surface area contributed by atoms with Crippen LogP contribution in [0.2, 0.25) is 0 Å². The predicted octanol–water partition coefficient (Wildman–Crippen LogP) is 3.62. The number of nitrogens with zero attached hydrogens (tertiary/aromatic N) is 1. The minimum absolute atomic E-state index is 0.159. The zero-order valence-electron chi connectivity index (χ0n) is 8.97. The third-order valence-corrected chi connectivity index (χ3v) is 2.98. The van der Waals surface area contributed by atoms with Crippen LogP contribution in [0.15, 0.2) is 28.9 Å². The van der Waals surface area contributed by atoms with Gasteiger partial charge in [-0.25, -0.2) is 8.78 Å². The summed E-state index contributed by atoms with van der Waals surface area (Å²) in [5.41, 5.74) is 1.05. The van der Waals surface area contributed by atoms with Gasteiger partial charge in [0.2, 0.25) is 0 Å². The van der Waals surface area contributed by atoms with E-state index in [4.69, 9.17) is 0 Å². The van der Waals surface area contributed by atoms with E-state index in [-0.39, 0.29) is 11.7 Å². The summed E-state index contributed by atoms with van der Waals surface area (Å²) in [6.07, 6.45) is 1.61. The molecule has 0 bridgehead atoms. The largest absolute Gasteiger partial charge is 0.374 e. The van der Waals surface area contributed by atoms with Gasteiger partial charge < -0.3 is 5.32 Å². The van der Waals surface area contributed by atoms with Gasteiger partial charge in [0.15, 0.2) is 0 Å². The van der Waals surface area contributed by atoms with Gasteiger partial charge in [-0.1, -0.05) is 0 Å². The van der Waals surface area contributed by atoms with Crippen molar-refractivity contribution in [2.45, 2.75) is 13.0 Å². The standard InChI is InChI=1S/C11H10BrF2N3/c1-6(10-2-3-15-17-10)16-11-8(12)4-7(13)5-9(11)14/h2-6,16H,1H3,(H,15,17). The Kier molecular flexibility index (Phi) is 3.42. The van der Waals surface area contributed by atoms with Gasteiger partial charge in [-0.3, -0.25) is 5.10 Å². The van der Waals surface area contributed by atoms with Gasteiger partial charge in [0.25, 0.3) is 0 Å². The van der Waals surface area contributed by atoms with Crippen LogP contribution < -0.4 is 5.32 Å². The number of nitrogens with one attached hydrogen (secondary N) is 2. The van der Waals surface area contributed by atoms with Gasteiger partial charge in [-0.2, -0.15) is 5.10 Å². The number of benzene rings is 1. The maximum Gasteiger partial charge on any atom is 0.150 e. The lowest BCUT2D eigenvalue weighted by Crippen LogP contribution is -2.09. The first-order valence-electron chi connectivity index (χ1n) is 4.98. The second-order valence-electron chi connectivity index (χ2n) is 3.62. The van der Waals surface area contributed by atoms with E-state index in [1.54, 1.807) is 12.3 Å². The lowest BCUT2D eigenvalue weighted by molar-refractivity contribution is 0.582. The number of aromatic amines is 1. The first-order valence-corrected chi connectivity index (χ1v) is 5.77. The summed E-state index contributed by atoms with van der Waals surface area (Å²) in [4.78, 5) is 0. The zero-order valence-corrected chi connectivity index (χ0v) is 10.6. The Labute approximate surface area is 105 Å². The molecule has 0 saturated carbocycles. The van der Waals surface area contributed by atoms with Gasteiger partial charge in [0, 0.05) is 16.7 Å². The maximum absolute atomic E-state index is 13.6. The summed E-state index contributed by atoms with van der Waals surface area (Å²) in [6, 6.07) is 3.68. The number of aromatic nitrogens is 2. The molecule has 3 nitrogen and oxygen atoms in total. The van der Waals surface area contributed by atoms with Crippen LogP contribution in [0, 0.1) is 11.6 Å². The average Bonchev–Trinajstić information content (AvgIpc) is 2.76. The molecule has 0 saturated heterocycles. The van der Waals surface area contributed by atoms with E-state index in [1.165, 1.54) is 6.07 Å². The van der Waals surface area contributed by atoms with Crippen LogP contribution in [0.4, 0.5) is 14.5 Å². The molecule has 0 spiro atoms. The second-order valence-corrected chi connectivity index (χ2v) is 4.48. The molecule has 2 rings (SSSR count). The Morgan fingerprint density at radius 1 is 1.41 bits per heavy atom. The van der Waals surface area contributed by atoms with Crippen LogP contribution in [0.25, 0.3) is 0 Å². The van der Waals surface area contributed by atoms with E-state index >= 15 is 0 Å². The number of rotatable bonds is 3. The van der Waals surface area contributed by atoms with E-state index in [0.717, 1.165) is 11.8 Å². The predicted molar refractivity (Wildman–Crippen MR) is 64.7 cm³/mol. The SMILES string of the molecule is CC(Nc1c(F)cc(F)cc1Br)c1ccn[nH]1. The molecule has 1 heterocycles. The van der Waals surface area contributed by atoms with Crippen molar-refractivity contribution in [3.8, 4) is 0 Å². The van der Waals surface area contributed by atoms with Crippen LogP contribution >= 0.6 is 15.9 Å². The summed E-state index contributed by atoms with van der Waals surface area (Å²) in [5, 5.41) is 9.54. The minimum atomic E-state index is -0.636. The van der Waals surface area contributed by atoms with Crippen molar-refractivity contribution in [3.63, 3.8) is 0 Å². The van der Waals surface area contributed by atoms with E-state index in [0.29, 0.717) is 4.47 Å². The monoisotopic (exact) mass is 301 g/mol. The molecule has 0 amide bonds. The van der Waals surface area contributed by atoms with Crippen molar-refractivity contribution in [2.75, 3.05) is 5.32 Å². The van der Waals surface area contributed by atoms with Gasteiger partial charge in [0.1, 0.15) is 11.6 Å². The maximum atomic E-state index is 13.6. The topological polar surface area (TPSA) is 40.7 Å². The molecular formula is C11H10BrF2N3. The molecule has 0 aliphatic rings. The summed E-state index contributed by atoms with van der Waals surface area (Å²) in [6.45, 7) is 1.85. The van der Waals surface area contributed by atoms with E-state index in [1.807, 2.05) is 6.92 Å². The molecule has 17 heavy (non-hydrogen) atoms. The molecule has 0 aliphatic heterocycles. The highest BCUT2D eigenvalue weighted by Gasteiger charge is 2.13. The fourth-order valence-corrected chi connectivity index (χ4v) is 2.00. The Morgan fingerprint density at radius 3 is 2.76 bits per heavy atom. The van der Waals surface area contributed by atoms with Crippen molar-refractivity contribution in [3.05, 3.63) is 46.2 Å². The lowest BCUT2D eigenvalue weighted by Gasteiger charge is -2.15. The first-order chi connectivity index (χ1) is 8.08. The molecule has 1 unspecified atom stereocenters. The smallest absolute Gasteiger partial charge is 0.150 e. The van der Waals surface area contributed by atoms with E-state index < -0.39 is 11.6 Å². The molecule has 2 aromatic rings. The summed E-state index contributed by atoms with van der Waals surface area (Å²) >= 11 is 3.12. The van der Waals surface area contributed by atoms with Gasteiger partial charge >= 0.3 is 0 Å². The van der Waals surface area contributed by atoms with Crippen LogP contribution in [0.5, 0.6) is 0 Å². The fraction of sp³-hybridized carbons (Fsp3) is 0.182. The number of H-pyrrole nitrogens is 1. The minimum Gasteiger partial charge on any atom is -0.374 e. The highest BCUT2D eigenvalue weighted by Crippen LogP contribution is 2.29. The van der Waals surface area contributed by atoms with E-state index in [2.05, 4.69) is 31.4 Å². The third-order valence-electron chi connectivity index (χ3n) is 2.36. The first kappa shape index (κ1) is 12.0. The highest BCUT2D eigenvalue weighted by molar-refractivity contribution is 9.10. The van der Waals surface area contributed by atoms with Crippen LogP contribution in [-0.2, 0) is 0 Å². The molecule has 6 heteroatoms. The average molecular weight is 302 g/mol. The molecule has 1 aromatic carbocycles. The number of hydrogen-bond acceptors (Lipinski definition) is 2. The Morgan fingerprint density at radius 2 is 2.18 bits per heavy atom. The molecule has 0 fully saturated rings. The van der Waals surface area contributed by atoms with Crippen molar-refractivity contribution < 1.29 is 8.78 Å². The molecule has 90 valence electrons. The van der Waals surface area contributed by atoms with Crippen LogP contribution in [0.3, 0.4) is 0 Å². The van der Waals surface area contributed by atoms with Crippen LogP contribution in [-0.4, -0.2) is 10.2 Å². The third kappa shape index (κ3) is 2.63. The zero-order chi connectivity index (χ0) is 12.4. The molecular weight excluding hydrogens is 292 g/mol. The number of anilines is 1. The molecule has 1 atom stereocenters. The molecule has 0 aliphatic carbocycles. The number of halogens is 3. The van der Waals surface area contributed by atoms with Crippen LogP contribution in [0.1, 0.15) is 18.7 Å². The summed E-state index contributed by atoms with van der Waals surface area (Å²) < 4.78 is 26.8. The molecule has 2 N–H and O–H groups in total. The van der Waals surface area contributed by atoms with Crippen molar-refractivity contribution in [1.82, 2.24) is 10.2 Å². The van der Waals surface area contributed by atoms with Gasteiger partial charge in [-0.05, 0) is 35.0 Å². The Balaban J connectivity index is 2.25. The van der Waals surface area contributed by atoms with Crippen molar-refractivity contribution in [1.29, 1.82) is 0 Å².